The van der Waals surface area contributed by atoms with E-state index >= 15 is 0 Å². The summed E-state index contributed by atoms with van der Waals surface area (Å²) >= 11 is 8.74. The number of anilines is 1. The largest absolute Gasteiger partial charge is 0.383 e. The van der Waals surface area contributed by atoms with Gasteiger partial charge in [0.05, 0.1) is 6.10 Å². The van der Waals surface area contributed by atoms with Crippen LogP contribution in [0.3, 0.4) is 0 Å². The molecule has 2 fully saturated rings. The highest BCUT2D eigenvalue weighted by molar-refractivity contribution is 9.00. The van der Waals surface area contributed by atoms with Gasteiger partial charge in [0.2, 0.25) is 0 Å². The third-order valence-electron chi connectivity index (χ3n) is 3.63. The van der Waals surface area contributed by atoms with Gasteiger partial charge < -0.3 is 15.0 Å². The van der Waals surface area contributed by atoms with Crippen molar-refractivity contribution in [2.45, 2.75) is 38.0 Å². The molecular weight excluding hydrogens is 380 g/mol. The Bertz CT molecular complexity index is 681. The van der Waals surface area contributed by atoms with E-state index in [0.29, 0.717) is 6.42 Å². The third kappa shape index (κ3) is 3.62. The zero-order chi connectivity index (χ0) is 16.6. The molecule has 0 aromatic carbocycles. The maximum atomic E-state index is 15.0. The first kappa shape index (κ1) is 17.7. The van der Waals surface area contributed by atoms with Crippen LogP contribution < -0.4 is 11.4 Å². The number of rotatable bonds is 4. The van der Waals surface area contributed by atoms with Gasteiger partial charge in [0, 0.05) is 17.7 Å². The van der Waals surface area contributed by atoms with Gasteiger partial charge in [-0.25, -0.2) is 9.18 Å². The van der Waals surface area contributed by atoms with Gasteiger partial charge in [-0.05, 0) is 24.3 Å². The molecule has 11 heteroatoms. The van der Waals surface area contributed by atoms with Crippen LogP contribution in [-0.4, -0.2) is 39.4 Å². The summed E-state index contributed by atoms with van der Waals surface area (Å²) in [7, 11) is 0. The maximum absolute atomic E-state index is 15.0. The van der Waals surface area contributed by atoms with Crippen molar-refractivity contribution in [3.05, 3.63) is 22.7 Å². The third-order valence-corrected chi connectivity index (χ3v) is 13.4. The zero-order valence-electron chi connectivity index (χ0n) is 12.3. The van der Waals surface area contributed by atoms with E-state index < -0.39 is 35.0 Å². The number of alkyl halides is 1. The summed E-state index contributed by atoms with van der Waals surface area (Å²) in [4.78, 5) is 15.6. The van der Waals surface area contributed by atoms with Crippen molar-refractivity contribution in [2.75, 3.05) is 17.2 Å². The van der Waals surface area contributed by atoms with E-state index in [-0.39, 0.29) is 5.82 Å². The minimum absolute atomic E-state index is 0.0914. The van der Waals surface area contributed by atoms with E-state index in [1.54, 1.807) is 22.8 Å². The Hall–Kier alpha value is -0.120. The summed E-state index contributed by atoms with van der Waals surface area (Å²) in [6.07, 6.45) is -1.79. The molecule has 2 N–H and O–H groups in total. The van der Waals surface area contributed by atoms with E-state index in [4.69, 9.17) is 26.8 Å². The second-order valence-electron chi connectivity index (χ2n) is 5.14. The highest BCUT2D eigenvalue weighted by Crippen LogP contribution is 2.75. The summed E-state index contributed by atoms with van der Waals surface area (Å²) in [6, 6.07) is 1.44. The van der Waals surface area contributed by atoms with Crippen molar-refractivity contribution in [1.82, 2.24) is 9.55 Å². The first-order chi connectivity index (χ1) is 10.9. The summed E-state index contributed by atoms with van der Waals surface area (Å²) in [5.74, 6) is 1.94. The molecule has 1 aromatic rings. The molecule has 3 rings (SSSR count). The summed E-state index contributed by atoms with van der Waals surface area (Å²) in [5, 5.41) is 0. The lowest BCUT2D eigenvalue weighted by Crippen LogP contribution is -2.33. The second kappa shape index (κ2) is 7.01. The minimum atomic E-state index is -2.12. The molecule has 0 aliphatic carbocycles. The highest BCUT2D eigenvalue weighted by atomic mass is 33.2. The number of nitrogen functional groups attached to an aromatic ring is 1. The van der Waals surface area contributed by atoms with Gasteiger partial charge in [0.25, 0.3) is 0 Å². The molecule has 6 nitrogen and oxygen atoms in total. The van der Waals surface area contributed by atoms with Crippen molar-refractivity contribution < 1.29 is 13.7 Å². The second-order valence-corrected chi connectivity index (χ2v) is 15.8. The average Bonchev–Trinajstić information content (AvgIpc) is 3.05. The Morgan fingerprint density at radius 1 is 1.61 bits per heavy atom. The van der Waals surface area contributed by atoms with Crippen LogP contribution in [0.1, 0.15) is 19.6 Å². The number of nitrogens with zero attached hydrogens (tertiary/aromatic N) is 2. The summed E-state index contributed by atoms with van der Waals surface area (Å²) in [5.41, 5.74) is 4.83. The van der Waals surface area contributed by atoms with Crippen LogP contribution in [0, 0.1) is 0 Å². The summed E-state index contributed by atoms with van der Waals surface area (Å²) < 4.78 is 25.7. The van der Waals surface area contributed by atoms with Gasteiger partial charge in [-0.15, -0.1) is 0 Å². The Kier molecular flexibility index (Phi) is 5.40. The Balaban J connectivity index is 1.84. The minimum Gasteiger partial charge on any atom is -0.383 e. The fraction of sp³-hybridized carbons (Fsp3) is 0.667. The average molecular weight is 397 g/mol. The molecule has 2 aliphatic rings. The molecule has 0 unspecified atom stereocenters. The van der Waals surface area contributed by atoms with Crippen LogP contribution in [0.4, 0.5) is 10.2 Å². The monoisotopic (exact) mass is 397 g/mol. The van der Waals surface area contributed by atoms with E-state index in [0.717, 1.165) is 16.1 Å². The van der Waals surface area contributed by atoms with Crippen molar-refractivity contribution in [1.29, 1.82) is 0 Å². The van der Waals surface area contributed by atoms with Gasteiger partial charge in [-0.3, -0.25) is 4.57 Å². The molecule has 128 valence electrons. The number of aromatic nitrogens is 2. The normalized spacial score (nSPS) is 33.1. The molecule has 2 saturated heterocycles. The molecule has 0 spiro atoms. The molecule has 0 bridgehead atoms. The molecule has 23 heavy (non-hydrogen) atoms. The van der Waals surface area contributed by atoms with Gasteiger partial charge >= 0.3 is 5.69 Å². The van der Waals surface area contributed by atoms with Gasteiger partial charge in [-0.1, -0.05) is 29.7 Å². The lowest BCUT2D eigenvalue weighted by Gasteiger charge is -2.24. The molecule has 0 saturated carbocycles. The van der Waals surface area contributed by atoms with Gasteiger partial charge in [0.1, 0.15) is 11.9 Å². The standard InChI is InChI=1S/C12H17FN3O3PS3/c1-2-7-10(19-20(21)22-5-6-23-20)9(13)11(18-7)16-4-3-8(14)15-12(16)17/h3-4,7,9-11H,2,5-6H2,1H3,(H2,14,15,17)/t7-,9-,10-,11-/m1/s1. The van der Waals surface area contributed by atoms with Crippen molar-refractivity contribution in [3.63, 3.8) is 0 Å². The zero-order valence-corrected chi connectivity index (χ0v) is 15.7. The lowest BCUT2D eigenvalue weighted by molar-refractivity contribution is -0.0259. The van der Waals surface area contributed by atoms with Gasteiger partial charge in [-0.2, -0.15) is 4.98 Å². The number of hydrogen-bond acceptors (Lipinski definition) is 8. The van der Waals surface area contributed by atoms with Crippen molar-refractivity contribution in [3.8, 4) is 0 Å². The SMILES string of the molecule is CC[C@H]1O[C@@H](n2ccc(N)nc2=O)[C@H](F)[C@@H]1OP1(=S)SCCS1. The van der Waals surface area contributed by atoms with Crippen LogP contribution in [0.15, 0.2) is 17.1 Å². The van der Waals surface area contributed by atoms with Crippen LogP contribution in [0.25, 0.3) is 0 Å². The molecule has 1 aromatic heterocycles. The van der Waals surface area contributed by atoms with E-state index in [1.165, 1.54) is 12.3 Å². The first-order valence-corrected chi connectivity index (χ1v) is 13.1. The molecular formula is C12H17FN3O3PS3. The fourth-order valence-corrected chi connectivity index (χ4v) is 11.8. The molecule has 4 atom stereocenters. The Labute approximate surface area is 146 Å². The number of nitrogens with two attached hydrogens (primary N) is 1. The van der Waals surface area contributed by atoms with Crippen LogP contribution in [0.2, 0.25) is 0 Å². The molecule has 2 aliphatic heterocycles. The predicted octanol–water partition coefficient (Wildman–Crippen LogP) is 2.56. The van der Waals surface area contributed by atoms with Crippen LogP contribution in [-0.2, 0) is 21.1 Å². The fourth-order valence-electron chi connectivity index (χ4n) is 2.54. The van der Waals surface area contributed by atoms with E-state index in [2.05, 4.69) is 4.98 Å². The maximum Gasteiger partial charge on any atom is 0.351 e. The first-order valence-electron chi connectivity index (χ1n) is 7.15. The van der Waals surface area contributed by atoms with Crippen molar-refractivity contribution in [2.24, 2.45) is 0 Å². The lowest BCUT2D eigenvalue weighted by atomic mass is 10.1. The smallest absolute Gasteiger partial charge is 0.351 e. The van der Waals surface area contributed by atoms with Crippen molar-refractivity contribution >= 4 is 45.1 Å². The molecule has 3 heterocycles. The van der Waals surface area contributed by atoms with Crippen LogP contribution in [0.5, 0.6) is 0 Å². The van der Waals surface area contributed by atoms with Gasteiger partial charge in [0.15, 0.2) is 17.1 Å². The highest BCUT2D eigenvalue weighted by Gasteiger charge is 2.49. The Morgan fingerprint density at radius 2 is 2.30 bits per heavy atom. The quantitative estimate of drug-likeness (QED) is 0.777. The number of hydrogen-bond donors (Lipinski definition) is 1. The number of ether oxygens (including phenoxy) is 1. The van der Waals surface area contributed by atoms with E-state index in [9.17, 15) is 9.18 Å². The Morgan fingerprint density at radius 3 is 2.91 bits per heavy atom. The summed E-state index contributed by atoms with van der Waals surface area (Å²) in [6.45, 7) is 1.89. The molecule has 0 radical (unpaired) electrons. The van der Waals surface area contributed by atoms with Crippen LogP contribution >= 0.6 is 27.4 Å². The number of halogens is 1. The van der Waals surface area contributed by atoms with E-state index in [1.807, 2.05) is 6.92 Å². The molecule has 0 amide bonds. The topological polar surface area (TPSA) is 79.4 Å². The predicted molar refractivity (Wildman–Crippen MR) is 96.1 cm³/mol.